The third-order valence-electron chi connectivity index (χ3n) is 9.63. The van der Waals surface area contributed by atoms with E-state index in [0.717, 1.165) is 83.3 Å². The van der Waals surface area contributed by atoms with Gasteiger partial charge in [0.15, 0.2) is 0 Å². The summed E-state index contributed by atoms with van der Waals surface area (Å²) in [4.78, 5) is 17.8. The number of aryl methyl sites for hydroxylation is 2. The lowest BCUT2D eigenvalue weighted by Gasteiger charge is -2.25. The molecular weight excluding hydrogens is 604 g/mol. The van der Waals surface area contributed by atoms with Crippen molar-refractivity contribution in [1.29, 1.82) is 0 Å². The van der Waals surface area contributed by atoms with Crippen LogP contribution in [0.3, 0.4) is 0 Å². The van der Waals surface area contributed by atoms with Crippen LogP contribution in [0.5, 0.6) is 0 Å². The van der Waals surface area contributed by atoms with E-state index in [1.54, 1.807) is 9.13 Å². The first-order valence-corrected chi connectivity index (χ1v) is 16.4. The predicted molar refractivity (Wildman–Crippen MR) is 200 cm³/mol. The van der Waals surface area contributed by atoms with Gasteiger partial charge in [-0.2, -0.15) is 0 Å². The number of fused-ring (bicyclic) bond motifs is 4. The lowest BCUT2D eigenvalue weighted by Crippen LogP contribution is -2.24. The Labute approximate surface area is 282 Å². The molecule has 1 aliphatic heterocycles. The monoisotopic (exact) mass is 636 g/mol. The molecule has 49 heavy (non-hydrogen) atoms. The van der Waals surface area contributed by atoms with Gasteiger partial charge in [0.2, 0.25) is 0 Å². The second-order valence-corrected chi connectivity index (χ2v) is 12.6. The Balaban J connectivity index is 1.11. The highest BCUT2D eigenvalue weighted by Gasteiger charge is 2.20. The van der Waals surface area contributed by atoms with Crippen molar-refractivity contribution in [2.24, 2.45) is 19.1 Å². The van der Waals surface area contributed by atoms with Crippen LogP contribution in [-0.2, 0) is 14.1 Å². The molecule has 0 spiro atoms. The number of aromatic nitrogens is 2. The van der Waals surface area contributed by atoms with Gasteiger partial charge in [0.05, 0.1) is 16.7 Å². The Kier molecular flexibility index (Phi) is 6.69. The number of hydrogen-bond acceptors (Lipinski definition) is 4. The molecule has 0 saturated heterocycles. The number of nitrogens with zero attached hydrogens (tertiary/aromatic N) is 3. The molecule has 9 rings (SSSR count). The number of rotatable bonds is 5. The summed E-state index contributed by atoms with van der Waals surface area (Å²) in [7, 11) is 3.63. The number of nitrogens with one attached hydrogen (secondary N) is 1. The van der Waals surface area contributed by atoms with Crippen molar-refractivity contribution in [1.82, 2.24) is 14.5 Å². The Morgan fingerprint density at radius 2 is 1.29 bits per heavy atom. The fourth-order valence-corrected chi connectivity index (χ4v) is 7.04. The van der Waals surface area contributed by atoms with Crippen molar-refractivity contribution < 1.29 is 4.42 Å². The highest BCUT2D eigenvalue weighted by molar-refractivity contribution is 6.14. The average molecular weight is 637 g/mol. The first-order chi connectivity index (χ1) is 24.0. The fourth-order valence-electron chi connectivity index (χ4n) is 7.04. The molecule has 1 N–H and O–H groups in total. The number of para-hydroxylation sites is 1. The zero-order valence-electron chi connectivity index (χ0n) is 27.1. The summed E-state index contributed by atoms with van der Waals surface area (Å²) >= 11 is 0. The third kappa shape index (κ3) is 4.88. The Morgan fingerprint density at radius 1 is 0.612 bits per heavy atom. The van der Waals surface area contributed by atoms with Gasteiger partial charge < -0.3 is 9.73 Å². The highest BCUT2D eigenvalue weighted by atomic mass is 16.3. The van der Waals surface area contributed by atoms with E-state index in [1.807, 2.05) is 56.6 Å². The molecule has 0 bridgehead atoms. The zero-order valence-corrected chi connectivity index (χ0v) is 27.1. The molecule has 1 unspecified atom stereocenters. The summed E-state index contributed by atoms with van der Waals surface area (Å²) in [5.74, 6) is 0. The fraction of sp³-hybridized carbons (Fsp3) is 0.0698. The van der Waals surface area contributed by atoms with E-state index in [4.69, 9.17) is 9.41 Å². The normalized spacial score (nSPS) is 14.6. The molecule has 0 fully saturated rings. The zero-order chi connectivity index (χ0) is 33.1. The van der Waals surface area contributed by atoms with Crippen molar-refractivity contribution in [2.45, 2.75) is 6.17 Å². The van der Waals surface area contributed by atoms with Gasteiger partial charge in [-0.3, -0.25) is 14.1 Å². The molecule has 1 aliphatic rings. The van der Waals surface area contributed by atoms with E-state index >= 15 is 0 Å². The minimum atomic E-state index is -0.249. The van der Waals surface area contributed by atoms with E-state index in [-0.39, 0.29) is 11.9 Å². The first kappa shape index (κ1) is 28.8. The Bertz CT molecular complexity index is 2670. The predicted octanol–water partition coefficient (Wildman–Crippen LogP) is 9.24. The van der Waals surface area contributed by atoms with Gasteiger partial charge >= 0.3 is 5.69 Å². The van der Waals surface area contributed by atoms with Gasteiger partial charge in [0.25, 0.3) is 0 Å². The molecule has 2 aromatic heterocycles. The molecule has 0 radical (unpaired) electrons. The van der Waals surface area contributed by atoms with Gasteiger partial charge in [0, 0.05) is 30.6 Å². The molecule has 8 aromatic rings. The highest BCUT2D eigenvalue weighted by Crippen LogP contribution is 2.37. The van der Waals surface area contributed by atoms with E-state index in [0.29, 0.717) is 0 Å². The molecule has 6 aromatic carbocycles. The summed E-state index contributed by atoms with van der Waals surface area (Å²) in [6.07, 6.45) is 1.89. The van der Waals surface area contributed by atoms with Gasteiger partial charge in [-0.1, -0.05) is 109 Å². The quantitative estimate of drug-likeness (QED) is 0.205. The maximum absolute atomic E-state index is 12.6. The number of allylic oxidation sites excluding steroid dienone is 1. The van der Waals surface area contributed by atoms with Crippen LogP contribution in [0.1, 0.15) is 22.9 Å². The van der Waals surface area contributed by atoms with Crippen LogP contribution in [0.25, 0.3) is 60.9 Å². The van der Waals surface area contributed by atoms with Crippen LogP contribution in [0.2, 0.25) is 0 Å². The maximum Gasteiger partial charge on any atom is 0.328 e. The van der Waals surface area contributed by atoms with E-state index in [2.05, 4.69) is 108 Å². The number of furan rings is 1. The van der Waals surface area contributed by atoms with Crippen molar-refractivity contribution in [3.05, 3.63) is 173 Å². The topological polar surface area (TPSA) is 64.5 Å². The Hall–Kier alpha value is -6.40. The number of aliphatic imine (C=N–C) groups is 1. The second kappa shape index (κ2) is 11.4. The van der Waals surface area contributed by atoms with Crippen molar-refractivity contribution >= 4 is 44.4 Å². The molecule has 0 amide bonds. The summed E-state index contributed by atoms with van der Waals surface area (Å²) in [5.41, 5.74) is 13.1. The van der Waals surface area contributed by atoms with Gasteiger partial charge in [-0.15, -0.1) is 0 Å². The van der Waals surface area contributed by atoms with E-state index < -0.39 is 0 Å². The number of hydrogen-bond donors (Lipinski definition) is 1. The van der Waals surface area contributed by atoms with E-state index in [9.17, 15) is 4.79 Å². The minimum absolute atomic E-state index is 0.0312. The molecule has 236 valence electrons. The van der Waals surface area contributed by atoms with Gasteiger partial charge in [0.1, 0.15) is 17.3 Å². The lowest BCUT2D eigenvalue weighted by atomic mass is 9.96. The third-order valence-corrected chi connectivity index (χ3v) is 9.63. The van der Waals surface area contributed by atoms with Crippen molar-refractivity contribution in [3.63, 3.8) is 0 Å². The SMILES string of the molecule is Cn1c(=O)n(C)c2cc(-c3cccc(C4=CC(c5ccc(-c6cccc7oc8ccccc8c67)cc5)=NC(c5ccccc5)N4)c3)ccc21. The largest absolute Gasteiger partial charge is 0.456 e. The number of imidazole rings is 1. The smallest absolute Gasteiger partial charge is 0.328 e. The van der Waals surface area contributed by atoms with Crippen LogP contribution >= 0.6 is 0 Å². The van der Waals surface area contributed by atoms with Gasteiger partial charge in [-0.25, -0.2) is 4.79 Å². The minimum Gasteiger partial charge on any atom is -0.456 e. The van der Waals surface area contributed by atoms with Gasteiger partial charge in [-0.05, 0) is 75.4 Å². The standard InChI is InChI=1S/C43H32N4O2/c1-46-37-23-22-31(25-38(37)47(2)43(46)48)30-12-8-13-32(24-30)36-26-35(44-42(45-36)29-10-4-3-5-11-29)28-20-18-27(19-21-28)33-15-9-17-40-41(33)34-14-6-7-16-39(34)49-40/h3-26,42,45H,1-2H3. The van der Waals surface area contributed by atoms with Crippen molar-refractivity contribution in [2.75, 3.05) is 0 Å². The van der Waals surface area contributed by atoms with Crippen LogP contribution in [0.4, 0.5) is 0 Å². The van der Waals surface area contributed by atoms with Crippen LogP contribution in [-0.4, -0.2) is 14.8 Å². The molecule has 1 atom stereocenters. The summed E-state index contributed by atoms with van der Waals surface area (Å²) < 4.78 is 9.54. The molecule has 0 aliphatic carbocycles. The molecule has 3 heterocycles. The summed E-state index contributed by atoms with van der Waals surface area (Å²) in [5, 5.41) is 5.95. The van der Waals surface area contributed by atoms with Crippen LogP contribution in [0.15, 0.2) is 160 Å². The average Bonchev–Trinajstić information content (AvgIpc) is 3.65. The summed E-state index contributed by atoms with van der Waals surface area (Å²) in [6, 6.07) is 48.2. The first-order valence-electron chi connectivity index (χ1n) is 16.4. The molecule has 6 nitrogen and oxygen atoms in total. The van der Waals surface area contributed by atoms with Crippen LogP contribution < -0.4 is 11.0 Å². The second-order valence-electron chi connectivity index (χ2n) is 12.6. The molecule has 6 heteroatoms. The summed E-state index contributed by atoms with van der Waals surface area (Å²) in [6.45, 7) is 0. The van der Waals surface area contributed by atoms with Crippen LogP contribution in [0, 0.1) is 0 Å². The lowest BCUT2D eigenvalue weighted by molar-refractivity contribution is 0.664. The van der Waals surface area contributed by atoms with E-state index in [1.165, 1.54) is 0 Å². The number of benzene rings is 6. The Morgan fingerprint density at radius 3 is 2.14 bits per heavy atom. The molecule has 0 saturated carbocycles. The molecular formula is C43H32N4O2. The van der Waals surface area contributed by atoms with Crippen molar-refractivity contribution in [3.8, 4) is 22.3 Å². The maximum atomic E-state index is 12.6.